The molecule has 0 saturated carbocycles. The number of benzene rings is 1. The first-order valence-electron chi connectivity index (χ1n) is 8.18. The van der Waals surface area contributed by atoms with Gasteiger partial charge < -0.3 is 5.73 Å². The molecule has 1 heteroatoms. The molecule has 0 amide bonds. The monoisotopic (exact) mass is 259 g/mol. The highest BCUT2D eigenvalue weighted by Gasteiger charge is 2.13. The second kappa shape index (κ2) is 7.69. The number of aryl methyl sites for hydroxylation is 2. The van der Waals surface area contributed by atoms with Crippen LogP contribution in [-0.4, -0.2) is 0 Å². The molecule has 0 fully saturated rings. The summed E-state index contributed by atoms with van der Waals surface area (Å²) in [6.07, 6.45) is 13.1. The van der Waals surface area contributed by atoms with Gasteiger partial charge in [-0.3, -0.25) is 0 Å². The van der Waals surface area contributed by atoms with Crippen LogP contribution >= 0.6 is 0 Å². The van der Waals surface area contributed by atoms with Crippen molar-refractivity contribution in [3.05, 3.63) is 34.9 Å². The highest BCUT2D eigenvalue weighted by Crippen LogP contribution is 2.26. The van der Waals surface area contributed by atoms with Crippen LogP contribution in [0.5, 0.6) is 0 Å². The Kier molecular flexibility index (Phi) is 5.91. The fraction of sp³-hybridized carbons (Fsp3) is 0.667. The van der Waals surface area contributed by atoms with E-state index in [1.54, 1.807) is 11.1 Å². The zero-order valence-electron chi connectivity index (χ0n) is 12.5. The van der Waals surface area contributed by atoms with E-state index in [2.05, 4.69) is 25.1 Å². The van der Waals surface area contributed by atoms with Gasteiger partial charge in [0.15, 0.2) is 0 Å². The molecule has 0 spiro atoms. The fourth-order valence-electron chi connectivity index (χ4n) is 3.13. The van der Waals surface area contributed by atoms with Crippen molar-refractivity contribution in [2.24, 2.45) is 5.73 Å². The Morgan fingerprint density at radius 3 is 2.58 bits per heavy atom. The van der Waals surface area contributed by atoms with Crippen LogP contribution < -0.4 is 5.73 Å². The van der Waals surface area contributed by atoms with Gasteiger partial charge in [0.25, 0.3) is 0 Å². The van der Waals surface area contributed by atoms with Crippen LogP contribution in [0.25, 0.3) is 0 Å². The second-order valence-electron chi connectivity index (χ2n) is 6.04. The smallest absolute Gasteiger partial charge is 0.0294 e. The topological polar surface area (TPSA) is 26.0 Å². The van der Waals surface area contributed by atoms with Crippen molar-refractivity contribution in [2.45, 2.75) is 77.2 Å². The Morgan fingerprint density at radius 2 is 1.74 bits per heavy atom. The lowest BCUT2D eigenvalue weighted by Gasteiger charge is -2.13. The minimum Gasteiger partial charge on any atom is -0.324 e. The average molecular weight is 259 g/mol. The van der Waals surface area contributed by atoms with E-state index in [0.717, 1.165) is 6.42 Å². The Bertz CT molecular complexity index is 383. The van der Waals surface area contributed by atoms with E-state index in [0.29, 0.717) is 0 Å². The van der Waals surface area contributed by atoms with Crippen LogP contribution in [0.2, 0.25) is 0 Å². The van der Waals surface area contributed by atoms with Gasteiger partial charge in [-0.15, -0.1) is 0 Å². The van der Waals surface area contributed by atoms with Gasteiger partial charge in [0.05, 0.1) is 0 Å². The molecule has 0 radical (unpaired) electrons. The molecule has 1 unspecified atom stereocenters. The first kappa shape index (κ1) is 14.6. The highest BCUT2D eigenvalue weighted by atomic mass is 14.6. The first-order valence-corrected chi connectivity index (χ1v) is 8.18. The number of fused-ring (bicyclic) bond motifs is 1. The molecular weight excluding hydrogens is 230 g/mol. The summed E-state index contributed by atoms with van der Waals surface area (Å²) in [5, 5.41) is 0. The molecule has 2 N–H and O–H groups in total. The lowest BCUT2D eigenvalue weighted by molar-refractivity contribution is 0.547. The van der Waals surface area contributed by atoms with E-state index >= 15 is 0 Å². The van der Waals surface area contributed by atoms with Crippen molar-refractivity contribution in [3.8, 4) is 0 Å². The Labute approximate surface area is 118 Å². The molecule has 1 aliphatic carbocycles. The Balaban J connectivity index is 1.72. The lowest BCUT2D eigenvalue weighted by Crippen LogP contribution is -2.10. The first-order chi connectivity index (χ1) is 9.31. The predicted molar refractivity (Wildman–Crippen MR) is 83.4 cm³/mol. The molecule has 0 aromatic heterocycles. The maximum Gasteiger partial charge on any atom is 0.0294 e. The van der Waals surface area contributed by atoms with Gasteiger partial charge in [-0.1, -0.05) is 63.6 Å². The minimum absolute atomic E-state index is 0.247. The zero-order chi connectivity index (χ0) is 13.5. The number of hydrogen-bond acceptors (Lipinski definition) is 1. The quantitative estimate of drug-likeness (QED) is 0.658. The van der Waals surface area contributed by atoms with Gasteiger partial charge in [0.1, 0.15) is 0 Å². The van der Waals surface area contributed by atoms with E-state index in [1.165, 1.54) is 63.4 Å². The summed E-state index contributed by atoms with van der Waals surface area (Å²) in [6, 6.07) is 7.17. The number of unbranched alkanes of at least 4 members (excludes halogenated alkanes) is 5. The summed E-state index contributed by atoms with van der Waals surface area (Å²) in [7, 11) is 0. The summed E-state index contributed by atoms with van der Waals surface area (Å²) >= 11 is 0. The third-order valence-corrected chi connectivity index (χ3v) is 4.42. The van der Waals surface area contributed by atoms with Crippen molar-refractivity contribution < 1.29 is 0 Å². The van der Waals surface area contributed by atoms with E-state index in [4.69, 9.17) is 5.73 Å². The summed E-state index contributed by atoms with van der Waals surface area (Å²) in [5.41, 5.74) is 10.8. The molecule has 106 valence electrons. The lowest BCUT2D eigenvalue weighted by atomic mass is 9.97. The maximum absolute atomic E-state index is 6.33. The van der Waals surface area contributed by atoms with Crippen molar-refractivity contribution in [2.75, 3.05) is 0 Å². The number of nitrogens with two attached hydrogens (primary N) is 1. The van der Waals surface area contributed by atoms with Crippen LogP contribution in [0.4, 0.5) is 0 Å². The minimum atomic E-state index is 0.247. The molecule has 1 nitrogen and oxygen atoms in total. The SMILES string of the molecule is CCCCCCCCC(N)c1ccc2c(c1)CCC2. The Hall–Kier alpha value is -0.820. The van der Waals surface area contributed by atoms with E-state index in [9.17, 15) is 0 Å². The van der Waals surface area contributed by atoms with Crippen LogP contribution in [-0.2, 0) is 12.8 Å². The molecule has 0 bridgehead atoms. The summed E-state index contributed by atoms with van der Waals surface area (Å²) in [6.45, 7) is 2.27. The molecule has 19 heavy (non-hydrogen) atoms. The van der Waals surface area contributed by atoms with Gasteiger partial charge >= 0.3 is 0 Å². The maximum atomic E-state index is 6.33. The number of rotatable bonds is 8. The molecule has 1 aliphatic rings. The van der Waals surface area contributed by atoms with Gasteiger partial charge in [-0.05, 0) is 42.4 Å². The molecule has 1 aromatic carbocycles. The molecule has 0 aliphatic heterocycles. The van der Waals surface area contributed by atoms with Gasteiger partial charge in [-0.2, -0.15) is 0 Å². The predicted octanol–water partition coefficient (Wildman–Crippen LogP) is 4.93. The summed E-state index contributed by atoms with van der Waals surface area (Å²) in [4.78, 5) is 0. The fourth-order valence-corrected chi connectivity index (χ4v) is 3.13. The van der Waals surface area contributed by atoms with Crippen molar-refractivity contribution >= 4 is 0 Å². The average Bonchev–Trinajstić information content (AvgIpc) is 2.89. The third kappa shape index (κ3) is 4.35. The van der Waals surface area contributed by atoms with Gasteiger partial charge in [-0.25, -0.2) is 0 Å². The van der Waals surface area contributed by atoms with Crippen molar-refractivity contribution in [3.63, 3.8) is 0 Å². The van der Waals surface area contributed by atoms with Crippen LogP contribution in [0.1, 0.15) is 81.0 Å². The molecule has 0 heterocycles. The van der Waals surface area contributed by atoms with E-state index in [1.807, 2.05) is 0 Å². The third-order valence-electron chi connectivity index (χ3n) is 4.42. The van der Waals surface area contributed by atoms with Gasteiger partial charge in [0.2, 0.25) is 0 Å². The summed E-state index contributed by atoms with van der Waals surface area (Å²) < 4.78 is 0. The Morgan fingerprint density at radius 1 is 1.00 bits per heavy atom. The number of hydrogen-bond donors (Lipinski definition) is 1. The van der Waals surface area contributed by atoms with Crippen molar-refractivity contribution in [1.29, 1.82) is 0 Å². The van der Waals surface area contributed by atoms with Crippen LogP contribution in [0.3, 0.4) is 0 Å². The second-order valence-corrected chi connectivity index (χ2v) is 6.04. The largest absolute Gasteiger partial charge is 0.324 e. The molecule has 1 atom stereocenters. The molecule has 2 rings (SSSR count). The van der Waals surface area contributed by atoms with E-state index in [-0.39, 0.29) is 6.04 Å². The zero-order valence-corrected chi connectivity index (χ0v) is 12.5. The highest BCUT2D eigenvalue weighted by molar-refractivity contribution is 5.36. The molecular formula is C18H29N. The van der Waals surface area contributed by atoms with Crippen LogP contribution in [0.15, 0.2) is 18.2 Å². The van der Waals surface area contributed by atoms with Gasteiger partial charge in [0, 0.05) is 6.04 Å². The van der Waals surface area contributed by atoms with Crippen molar-refractivity contribution in [1.82, 2.24) is 0 Å². The standard InChI is InChI=1S/C18H29N/c1-2-3-4-5-6-7-11-18(19)17-13-12-15-9-8-10-16(15)14-17/h12-14,18H,2-11,19H2,1H3. The van der Waals surface area contributed by atoms with E-state index < -0.39 is 0 Å². The summed E-state index contributed by atoms with van der Waals surface area (Å²) in [5.74, 6) is 0. The molecule has 1 aromatic rings. The normalized spacial score (nSPS) is 15.5. The molecule has 0 saturated heterocycles. The van der Waals surface area contributed by atoms with Crippen LogP contribution in [0, 0.1) is 0 Å².